The lowest BCUT2D eigenvalue weighted by atomic mass is 9.87. The summed E-state index contributed by atoms with van der Waals surface area (Å²) < 4.78 is 11.1. The number of allylic oxidation sites excluding steroid dienone is 3. The van der Waals surface area contributed by atoms with Crippen LogP contribution in [-0.2, 0) is 4.74 Å². The molecule has 35 heavy (non-hydrogen) atoms. The second-order valence-electron chi connectivity index (χ2n) is 9.28. The van der Waals surface area contributed by atoms with Gasteiger partial charge in [0, 0.05) is 36.2 Å². The fourth-order valence-corrected chi connectivity index (χ4v) is 5.87. The molecule has 182 valence electrons. The van der Waals surface area contributed by atoms with Gasteiger partial charge >= 0.3 is 6.03 Å². The van der Waals surface area contributed by atoms with Gasteiger partial charge in [0.2, 0.25) is 0 Å². The summed E-state index contributed by atoms with van der Waals surface area (Å²) in [7, 11) is 0. The first-order valence-corrected chi connectivity index (χ1v) is 12.9. The van der Waals surface area contributed by atoms with Crippen LogP contribution in [0.25, 0.3) is 16.1 Å². The van der Waals surface area contributed by atoms with E-state index in [1.54, 1.807) is 0 Å². The molecule has 2 aromatic rings. The molecular weight excluding hydrogens is 462 g/mol. The maximum atomic E-state index is 12.7. The first kappa shape index (κ1) is 23.5. The highest BCUT2D eigenvalue weighted by atomic mass is 32.1. The molecule has 0 radical (unpaired) electrons. The van der Waals surface area contributed by atoms with E-state index in [2.05, 4.69) is 33.7 Å². The largest absolute Gasteiger partial charge is 0.490 e. The molecule has 1 aromatic carbocycles. The number of carbonyl (C=O) groups is 1. The van der Waals surface area contributed by atoms with Gasteiger partial charge in [-0.25, -0.2) is 4.79 Å². The third-order valence-electron chi connectivity index (χ3n) is 6.65. The van der Waals surface area contributed by atoms with Gasteiger partial charge in [-0.15, -0.1) is 10.2 Å². The van der Waals surface area contributed by atoms with Crippen molar-refractivity contribution in [2.24, 2.45) is 5.92 Å². The molecule has 1 N–H and O–H groups in total. The smallest absolute Gasteiger partial charge is 0.317 e. The highest BCUT2D eigenvalue weighted by molar-refractivity contribution is 7.15. The van der Waals surface area contributed by atoms with Gasteiger partial charge in [0.1, 0.15) is 21.8 Å². The van der Waals surface area contributed by atoms with Crippen LogP contribution in [0.3, 0.4) is 0 Å². The number of nitriles is 1. The zero-order valence-corrected chi connectivity index (χ0v) is 20.8. The standard InChI is InChI=1S/C26H29N5O3S/c1-16(2)34-23-9-6-17(14-18(23)15-27)24-29-30-25(35-24)21-5-3-4-20-19(21)7-8-22(20)28-26(32)31-10-12-33-13-11-31/h3,5-6,9,14,16,20,22H,4,7-8,10-13H2,1-2H3,(H,28,32). The van der Waals surface area contributed by atoms with Gasteiger partial charge in [-0.1, -0.05) is 29.1 Å². The number of amides is 2. The number of nitrogens with one attached hydrogen (secondary N) is 1. The molecule has 1 aliphatic heterocycles. The number of urea groups is 1. The number of nitrogens with zero attached hydrogens (tertiary/aromatic N) is 4. The second kappa shape index (κ2) is 10.2. The van der Waals surface area contributed by atoms with Crippen molar-refractivity contribution in [3.05, 3.63) is 46.5 Å². The second-order valence-corrected chi connectivity index (χ2v) is 10.3. The molecule has 2 heterocycles. The Morgan fingerprint density at radius 1 is 1.29 bits per heavy atom. The minimum atomic E-state index is -0.00516. The molecule has 2 amide bonds. The number of aromatic nitrogens is 2. The predicted molar refractivity (Wildman–Crippen MR) is 134 cm³/mol. The summed E-state index contributed by atoms with van der Waals surface area (Å²) in [6, 6.07) is 7.91. The molecule has 1 aromatic heterocycles. The molecule has 5 rings (SSSR count). The third-order valence-corrected chi connectivity index (χ3v) is 7.66. The van der Waals surface area contributed by atoms with Crippen molar-refractivity contribution in [2.75, 3.05) is 26.3 Å². The summed E-state index contributed by atoms with van der Waals surface area (Å²) in [5.74, 6) is 0.861. The maximum Gasteiger partial charge on any atom is 0.317 e. The Labute approximate surface area is 209 Å². The fourth-order valence-electron chi connectivity index (χ4n) is 4.97. The van der Waals surface area contributed by atoms with E-state index in [0.29, 0.717) is 37.6 Å². The molecule has 0 spiro atoms. The van der Waals surface area contributed by atoms with Crippen molar-refractivity contribution in [3.63, 3.8) is 0 Å². The van der Waals surface area contributed by atoms with Gasteiger partial charge in [0.05, 0.1) is 24.9 Å². The average molecular weight is 492 g/mol. The predicted octanol–water partition coefficient (Wildman–Crippen LogP) is 4.40. The van der Waals surface area contributed by atoms with Gasteiger partial charge in [-0.2, -0.15) is 5.26 Å². The maximum absolute atomic E-state index is 12.7. The van der Waals surface area contributed by atoms with Crippen LogP contribution in [0.4, 0.5) is 4.79 Å². The normalized spacial score (nSPS) is 21.7. The number of hydrogen-bond acceptors (Lipinski definition) is 7. The Hall–Kier alpha value is -3.22. The van der Waals surface area contributed by atoms with Crippen LogP contribution in [0.15, 0.2) is 35.9 Å². The van der Waals surface area contributed by atoms with E-state index < -0.39 is 0 Å². The van der Waals surface area contributed by atoms with Crippen LogP contribution in [0.5, 0.6) is 5.75 Å². The number of fused-ring (bicyclic) bond motifs is 1. The molecular formula is C26H29N5O3S. The number of ether oxygens (including phenoxy) is 2. The number of hydrogen-bond donors (Lipinski definition) is 1. The summed E-state index contributed by atoms with van der Waals surface area (Å²) in [5.41, 5.74) is 3.81. The van der Waals surface area contributed by atoms with Crippen LogP contribution in [0.1, 0.15) is 43.7 Å². The first-order valence-electron chi connectivity index (χ1n) is 12.1. The van der Waals surface area contributed by atoms with Crippen LogP contribution < -0.4 is 10.1 Å². The highest BCUT2D eigenvalue weighted by Crippen LogP contribution is 2.43. The quantitative estimate of drug-likeness (QED) is 0.666. The van der Waals surface area contributed by atoms with Gasteiger partial charge in [-0.3, -0.25) is 0 Å². The van der Waals surface area contributed by atoms with Crippen molar-refractivity contribution in [1.29, 1.82) is 5.26 Å². The minimum absolute atomic E-state index is 0.00516. The fraction of sp³-hybridized carbons (Fsp3) is 0.462. The lowest BCUT2D eigenvalue weighted by Crippen LogP contribution is -2.50. The molecule has 2 atom stereocenters. The van der Waals surface area contributed by atoms with Crippen molar-refractivity contribution < 1.29 is 14.3 Å². The molecule has 2 aliphatic carbocycles. The molecule has 0 bridgehead atoms. The summed E-state index contributed by atoms with van der Waals surface area (Å²) >= 11 is 1.53. The molecule has 1 saturated heterocycles. The van der Waals surface area contributed by atoms with Gasteiger partial charge in [-0.05, 0) is 51.3 Å². The lowest BCUT2D eigenvalue weighted by Gasteiger charge is -2.30. The van der Waals surface area contributed by atoms with E-state index in [1.807, 2.05) is 36.9 Å². The average Bonchev–Trinajstić information content (AvgIpc) is 3.52. The Balaban J connectivity index is 1.34. The minimum Gasteiger partial charge on any atom is -0.490 e. The van der Waals surface area contributed by atoms with E-state index in [4.69, 9.17) is 9.47 Å². The molecule has 8 nitrogen and oxygen atoms in total. The summed E-state index contributed by atoms with van der Waals surface area (Å²) in [4.78, 5) is 14.6. The summed E-state index contributed by atoms with van der Waals surface area (Å²) in [6.45, 7) is 6.36. The van der Waals surface area contributed by atoms with Gasteiger partial charge < -0.3 is 19.7 Å². The van der Waals surface area contributed by atoms with Crippen LogP contribution in [0.2, 0.25) is 0 Å². The van der Waals surface area contributed by atoms with Crippen LogP contribution >= 0.6 is 11.3 Å². The van der Waals surface area contributed by atoms with Crippen molar-refractivity contribution in [1.82, 2.24) is 20.4 Å². The van der Waals surface area contributed by atoms with Crippen molar-refractivity contribution in [2.45, 2.75) is 45.3 Å². The Kier molecular flexibility index (Phi) is 6.84. The summed E-state index contributed by atoms with van der Waals surface area (Å²) in [6.07, 6.45) is 7.09. The highest BCUT2D eigenvalue weighted by Gasteiger charge is 2.36. The van der Waals surface area contributed by atoms with Gasteiger partial charge in [0.15, 0.2) is 0 Å². The number of carbonyl (C=O) groups excluding carboxylic acids is 1. The number of morpholine rings is 1. The molecule has 3 aliphatic rings. The molecule has 2 unspecified atom stereocenters. The Bertz CT molecular complexity index is 1210. The molecule has 2 fully saturated rings. The monoisotopic (exact) mass is 491 g/mol. The van der Waals surface area contributed by atoms with E-state index in [1.165, 1.54) is 16.9 Å². The Morgan fingerprint density at radius 3 is 2.86 bits per heavy atom. The van der Waals surface area contributed by atoms with E-state index in [0.717, 1.165) is 40.4 Å². The third kappa shape index (κ3) is 4.95. The van der Waals surface area contributed by atoms with E-state index in [-0.39, 0.29) is 24.1 Å². The summed E-state index contributed by atoms with van der Waals surface area (Å²) in [5, 5.41) is 23.4. The van der Waals surface area contributed by atoms with E-state index >= 15 is 0 Å². The molecule has 9 heteroatoms. The van der Waals surface area contributed by atoms with Crippen molar-refractivity contribution >= 4 is 22.9 Å². The Morgan fingerprint density at radius 2 is 2.09 bits per heavy atom. The number of benzene rings is 1. The lowest BCUT2D eigenvalue weighted by molar-refractivity contribution is 0.0522. The van der Waals surface area contributed by atoms with Gasteiger partial charge in [0.25, 0.3) is 0 Å². The zero-order valence-electron chi connectivity index (χ0n) is 20.0. The molecule has 1 saturated carbocycles. The number of rotatable bonds is 5. The first-order chi connectivity index (χ1) is 17.0. The zero-order chi connectivity index (χ0) is 24.4. The van der Waals surface area contributed by atoms with Crippen molar-refractivity contribution in [3.8, 4) is 22.4 Å². The topological polar surface area (TPSA) is 100 Å². The van der Waals surface area contributed by atoms with Crippen LogP contribution in [-0.4, -0.2) is 59.6 Å². The van der Waals surface area contributed by atoms with E-state index in [9.17, 15) is 10.1 Å². The van der Waals surface area contributed by atoms with Crippen LogP contribution in [0, 0.1) is 17.2 Å². The SMILES string of the molecule is CC(C)Oc1ccc(-c2nnc(C3=C4CCC(NC(=O)N5CCOCC5)C4CC=C3)s2)cc1C#N.